The zero-order chi connectivity index (χ0) is 11.1. The van der Waals surface area contributed by atoms with Gasteiger partial charge in [0.25, 0.3) is 0 Å². The van der Waals surface area contributed by atoms with Crippen LogP contribution in [0.25, 0.3) is 0 Å². The van der Waals surface area contributed by atoms with E-state index in [0.29, 0.717) is 18.0 Å². The molecule has 1 aromatic heterocycles. The van der Waals surface area contributed by atoms with E-state index < -0.39 is 11.7 Å². The van der Waals surface area contributed by atoms with Gasteiger partial charge in [0.05, 0.1) is 5.56 Å². The van der Waals surface area contributed by atoms with Gasteiger partial charge in [0, 0.05) is 16.3 Å². The highest BCUT2D eigenvalue weighted by Gasteiger charge is 2.36. The van der Waals surface area contributed by atoms with E-state index in [1.165, 1.54) is 16.7 Å². The average molecular weight is 272 g/mol. The highest BCUT2D eigenvalue weighted by Crippen LogP contribution is 2.39. The number of fused-ring (bicyclic) bond motifs is 1. The number of hydrogen-bond donors (Lipinski definition) is 1. The van der Waals surface area contributed by atoms with Crippen LogP contribution in [0.2, 0.25) is 0 Å². The Morgan fingerprint density at radius 1 is 1.44 bits per heavy atom. The molecule has 6 heteroatoms. The maximum atomic E-state index is 12.6. The maximum Gasteiger partial charge on any atom is 0.417 e. The molecule has 1 unspecified atom stereocenters. The summed E-state index contributed by atoms with van der Waals surface area (Å²) in [5, 5.41) is 4.37. The van der Waals surface area contributed by atoms with Crippen molar-refractivity contribution >= 4 is 23.7 Å². The van der Waals surface area contributed by atoms with Crippen LogP contribution in [0.15, 0.2) is 5.38 Å². The number of halogens is 4. The van der Waals surface area contributed by atoms with Gasteiger partial charge in [-0.05, 0) is 31.9 Å². The summed E-state index contributed by atoms with van der Waals surface area (Å²) < 4.78 is 37.7. The van der Waals surface area contributed by atoms with Crippen molar-refractivity contribution < 1.29 is 13.2 Å². The summed E-state index contributed by atoms with van der Waals surface area (Å²) in [6.07, 6.45) is -2.12. The second kappa shape index (κ2) is 4.94. The van der Waals surface area contributed by atoms with E-state index in [4.69, 9.17) is 0 Å². The molecule has 2 rings (SSSR count). The molecule has 1 aliphatic carbocycles. The third-order valence-electron chi connectivity index (χ3n) is 2.87. The SMILES string of the molecule is CNC1CCc2c(C(F)(F)F)csc2C1.Cl. The lowest BCUT2D eigenvalue weighted by molar-refractivity contribution is -0.138. The summed E-state index contributed by atoms with van der Waals surface area (Å²) in [7, 11) is 1.86. The van der Waals surface area contributed by atoms with E-state index in [1.54, 1.807) is 0 Å². The first-order valence-electron chi connectivity index (χ1n) is 4.86. The van der Waals surface area contributed by atoms with Crippen molar-refractivity contribution in [3.05, 3.63) is 21.4 Å². The van der Waals surface area contributed by atoms with E-state index in [9.17, 15) is 13.2 Å². The number of nitrogens with one attached hydrogen (secondary N) is 1. The third-order valence-corrected chi connectivity index (χ3v) is 3.92. The first kappa shape index (κ1) is 13.8. The lowest BCUT2D eigenvalue weighted by Crippen LogP contribution is -2.31. The molecule has 0 aromatic carbocycles. The van der Waals surface area contributed by atoms with Gasteiger partial charge in [-0.3, -0.25) is 0 Å². The third kappa shape index (κ3) is 2.52. The zero-order valence-corrected chi connectivity index (χ0v) is 10.4. The van der Waals surface area contributed by atoms with Crippen LogP contribution in [0, 0.1) is 0 Å². The Labute approximate surface area is 102 Å². The summed E-state index contributed by atoms with van der Waals surface area (Å²) in [4.78, 5) is 0.896. The Morgan fingerprint density at radius 2 is 2.12 bits per heavy atom. The lowest BCUT2D eigenvalue weighted by atomic mass is 9.92. The van der Waals surface area contributed by atoms with Crippen molar-refractivity contribution in [3.8, 4) is 0 Å². The Balaban J connectivity index is 0.00000128. The molecule has 92 valence electrons. The molecule has 1 atom stereocenters. The Bertz CT molecular complexity index is 361. The predicted molar refractivity (Wildman–Crippen MR) is 61.4 cm³/mol. The molecule has 1 aromatic rings. The first-order chi connectivity index (χ1) is 7.02. The molecule has 1 N–H and O–H groups in total. The minimum absolute atomic E-state index is 0. The predicted octanol–water partition coefficient (Wildman–Crippen LogP) is 3.27. The van der Waals surface area contributed by atoms with E-state index in [-0.39, 0.29) is 12.4 Å². The molecule has 0 saturated carbocycles. The molecule has 1 nitrogen and oxygen atoms in total. The summed E-state index contributed by atoms with van der Waals surface area (Å²) in [6, 6.07) is 0.331. The molecular formula is C10H13ClF3NS. The largest absolute Gasteiger partial charge is 0.417 e. The summed E-state index contributed by atoms with van der Waals surface area (Å²) in [6.45, 7) is 0. The van der Waals surface area contributed by atoms with E-state index >= 15 is 0 Å². The molecule has 0 bridgehead atoms. The molecule has 1 heterocycles. The van der Waals surface area contributed by atoms with Crippen molar-refractivity contribution in [2.45, 2.75) is 31.5 Å². The standard InChI is InChI=1S/C10H12F3NS.ClH/c1-14-6-2-3-7-8(10(11,12)13)5-15-9(7)4-6;/h5-6,14H,2-4H2,1H3;1H. The first-order valence-corrected chi connectivity index (χ1v) is 5.74. The van der Waals surface area contributed by atoms with Gasteiger partial charge in [0.2, 0.25) is 0 Å². The van der Waals surface area contributed by atoms with E-state index in [2.05, 4.69) is 5.32 Å². The minimum Gasteiger partial charge on any atom is -0.317 e. The molecule has 0 amide bonds. The van der Waals surface area contributed by atoms with E-state index in [0.717, 1.165) is 17.7 Å². The van der Waals surface area contributed by atoms with Gasteiger partial charge in [-0.2, -0.15) is 13.2 Å². The van der Waals surface area contributed by atoms with Gasteiger partial charge in [0.1, 0.15) is 0 Å². The van der Waals surface area contributed by atoms with Crippen LogP contribution in [0.5, 0.6) is 0 Å². The Hall–Kier alpha value is -0.260. The molecule has 1 aliphatic rings. The average Bonchev–Trinajstić information content (AvgIpc) is 2.59. The highest BCUT2D eigenvalue weighted by atomic mass is 35.5. The molecule has 0 fully saturated rings. The summed E-state index contributed by atoms with van der Waals surface area (Å²) in [5.41, 5.74) is 0.107. The normalized spacial score (nSPS) is 20.1. The molecular weight excluding hydrogens is 259 g/mol. The van der Waals surface area contributed by atoms with Crippen molar-refractivity contribution in [1.82, 2.24) is 5.32 Å². The minimum atomic E-state index is -4.18. The smallest absolute Gasteiger partial charge is 0.317 e. The van der Waals surface area contributed by atoms with Gasteiger partial charge in [-0.25, -0.2) is 0 Å². The van der Waals surface area contributed by atoms with Crippen LogP contribution < -0.4 is 5.32 Å². The molecule has 0 aliphatic heterocycles. The summed E-state index contributed by atoms with van der Waals surface area (Å²) in [5.74, 6) is 0. The van der Waals surface area contributed by atoms with Crippen LogP contribution in [0.3, 0.4) is 0 Å². The molecule has 0 saturated heterocycles. The Kier molecular flexibility index (Phi) is 4.26. The number of alkyl halides is 3. The van der Waals surface area contributed by atoms with Crippen LogP contribution in [0.1, 0.15) is 22.4 Å². The van der Waals surface area contributed by atoms with Crippen LogP contribution in [0.4, 0.5) is 13.2 Å². The number of thiophene rings is 1. The Morgan fingerprint density at radius 3 is 2.69 bits per heavy atom. The van der Waals surface area contributed by atoms with Crippen LogP contribution in [-0.4, -0.2) is 13.1 Å². The fourth-order valence-electron chi connectivity index (χ4n) is 2.00. The van der Waals surface area contributed by atoms with Crippen molar-refractivity contribution in [1.29, 1.82) is 0 Å². The maximum absolute atomic E-state index is 12.6. The van der Waals surface area contributed by atoms with Gasteiger partial charge in [-0.15, -0.1) is 23.7 Å². The fourth-order valence-corrected chi connectivity index (χ4v) is 3.18. The monoisotopic (exact) mass is 271 g/mol. The highest BCUT2D eigenvalue weighted by molar-refractivity contribution is 7.10. The fraction of sp³-hybridized carbons (Fsp3) is 0.600. The lowest BCUT2D eigenvalue weighted by Gasteiger charge is -2.22. The summed E-state index contributed by atoms with van der Waals surface area (Å²) >= 11 is 1.24. The second-order valence-corrected chi connectivity index (χ2v) is 4.74. The molecule has 0 spiro atoms. The van der Waals surface area contributed by atoms with Crippen molar-refractivity contribution in [3.63, 3.8) is 0 Å². The van der Waals surface area contributed by atoms with Gasteiger partial charge < -0.3 is 5.32 Å². The van der Waals surface area contributed by atoms with Crippen LogP contribution in [-0.2, 0) is 19.0 Å². The van der Waals surface area contributed by atoms with Gasteiger partial charge >= 0.3 is 6.18 Å². The number of likely N-dealkylation sites (N-methyl/N-ethyl adjacent to an activating group) is 1. The van der Waals surface area contributed by atoms with Gasteiger partial charge in [-0.1, -0.05) is 0 Å². The number of rotatable bonds is 1. The van der Waals surface area contributed by atoms with Crippen molar-refractivity contribution in [2.24, 2.45) is 0 Å². The quantitative estimate of drug-likeness (QED) is 0.827. The van der Waals surface area contributed by atoms with Crippen molar-refractivity contribution in [2.75, 3.05) is 7.05 Å². The second-order valence-electron chi connectivity index (χ2n) is 3.78. The zero-order valence-electron chi connectivity index (χ0n) is 8.73. The van der Waals surface area contributed by atoms with E-state index in [1.807, 2.05) is 7.05 Å². The topological polar surface area (TPSA) is 12.0 Å². The number of hydrogen-bond acceptors (Lipinski definition) is 2. The van der Waals surface area contributed by atoms with Gasteiger partial charge in [0.15, 0.2) is 0 Å². The van der Waals surface area contributed by atoms with Crippen LogP contribution >= 0.6 is 23.7 Å². The molecule has 0 radical (unpaired) electrons. The molecule has 16 heavy (non-hydrogen) atoms.